The van der Waals surface area contributed by atoms with Crippen LogP contribution in [0.2, 0.25) is 0 Å². The number of benzene rings is 1. The molecule has 0 saturated heterocycles. The monoisotopic (exact) mass is 339 g/mol. The van der Waals surface area contributed by atoms with E-state index in [-0.39, 0.29) is 0 Å². The molecular weight excluding hydrogens is 306 g/mol. The van der Waals surface area contributed by atoms with Crippen LogP contribution >= 0.6 is 0 Å². The fourth-order valence-corrected chi connectivity index (χ4v) is 2.29. The van der Waals surface area contributed by atoms with E-state index in [1.165, 1.54) is 24.8 Å². The third-order valence-corrected chi connectivity index (χ3v) is 3.96. The Hall–Kier alpha value is -2.09. The second kappa shape index (κ2) is 13.2. The Morgan fingerprint density at radius 3 is 2.40 bits per heavy atom. The zero-order valence-corrected chi connectivity index (χ0v) is 16.1. The van der Waals surface area contributed by atoms with E-state index in [0.29, 0.717) is 0 Å². The van der Waals surface area contributed by atoms with Gasteiger partial charge in [0.1, 0.15) is 5.75 Å². The molecule has 0 heterocycles. The molecular formula is C23H33NO. The Balaban J connectivity index is 2.48. The summed E-state index contributed by atoms with van der Waals surface area (Å²) in [7, 11) is 0. The Morgan fingerprint density at radius 1 is 1.04 bits per heavy atom. The molecule has 0 aliphatic rings. The van der Waals surface area contributed by atoms with Gasteiger partial charge in [0, 0.05) is 6.21 Å². The highest BCUT2D eigenvalue weighted by Gasteiger charge is 1.95. The van der Waals surface area contributed by atoms with Crippen LogP contribution < -0.4 is 4.74 Å². The minimum Gasteiger partial charge on any atom is -0.494 e. The lowest BCUT2D eigenvalue weighted by Crippen LogP contribution is -1.96. The molecule has 0 fully saturated rings. The molecule has 0 N–H and O–H groups in total. The second-order valence-electron chi connectivity index (χ2n) is 6.17. The molecule has 1 aromatic rings. The van der Waals surface area contributed by atoms with Crippen LogP contribution in [0.25, 0.3) is 0 Å². The summed E-state index contributed by atoms with van der Waals surface area (Å²) in [6, 6.07) is 8.01. The van der Waals surface area contributed by atoms with Crippen molar-refractivity contribution in [1.82, 2.24) is 0 Å². The zero-order valence-electron chi connectivity index (χ0n) is 16.1. The lowest BCUT2D eigenvalue weighted by atomic mass is 10.1. The number of hydrogen-bond acceptors (Lipinski definition) is 2. The van der Waals surface area contributed by atoms with Crippen molar-refractivity contribution in [3.63, 3.8) is 0 Å². The molecule has 25 heavy (non-hydrogen) atoms. The van der Waals surface area contributed by atoms with Crippen molar-refractivity contribution >= 4 is 6.21 Å². The Bertz CT molecular complexity index is 579. The van der Waals surface area contributed by atoms with Crippen LogP contribution in [0.5, 0.6) is 5.75 Å². The number of aliphatic imine (C=N–C) groups is 1. The predicted octanol–water partition coefficient (Wildman–Crippen LogP) is 6.88. The van der Waals surface area contributed by atoms with E-state index in [1.54, 1.807) is 0 Å². The first-order valence-electron chi connectivity index (χ1n) is 9.48. The van der Waals surface area contributed by atoms with Gasteiger partial charge in [-0.2, -0.15) is 0 Å². The number of nitrogens with zero attached hydrogens (tertiary/aromatic N) is 1. The molecule has 136 valence electrons. The van der Waals surface area contributed by atoms with Gasteiger partial charge in [-0.25, -0.2) is 0 Å². The van der Waals surface area contributed by atoms with Crippen molar-refractivity contribution in [3.05, 3.63) is 65.9 Å². The molecule has 0 aromatic heterocycles. The van der Waals surface area contributed by atoms with Gasteiger partial charge in [0.15, 0.2) is 0 Å². The van der Waals surface area contributed by atoms with E-state index >= 15 is 0 Å². The van der Waals surface area contributed by atoms with Crippen LogP contribution in [0.1, 0.15) is 64.9 Å². The SMILES string of the molecule is C=C(/C=C\C(=C/C)CCCCC)N=Cc1ccc(OCCCC)cc1. The number of hydrogen-bond donors (Lipinski definition) is 0. The molecule has 0 unspecified atom stereocenters. The lowest BCUT2D eigenvalue weighted by molar-refractivity contribution is 0.309. The van der Waals surface area contributed by atoms with Crippen molar-refractivity contribution < 1.29 is 4.74 Å². The van der Waals surface area contributed by atoms with Crippen molar-refractivity contribution in [2.75, 3.05) is 6.61 Å². The van der Waals surface area contributed by atoms with Crippen LogP contribution in [-0.4, -0.2) is 12.8 Å². The largest absolute Gasteiger partial charge is 0.494 e. The fraction of sp³-hybridized carbons (Fsp3) is 0.435. The quantitative estimate of drug-likeness (QED) is 0.231. The maximum absolute atomic E-state index is 5.67. The molecule has 0 radical (unpaired) electrons. The van der Waals surface area contributed by atoms with E-state index in [2.05, 4.69) is 44.5 Å². The molecule has 0 amide bonds. The van der Waals surface area contributed by atoms with E-state index in [1.807, 2.05) is 36.6 Å². The molecule has 0 bridgehead atoms. The topological polar surface area (TPSA) is 21.6 Å². The minimum atomic E-state index is 0.762. The van der Waals surface area contributed by atoms with E-state index in [4.69, 9.17) is 4.74 Å². The average molecular weight is 340 g/mol. The van der Waals surface area contributed by atoms with Crippen molar-refractivity contribution in [3.8, 4) is 5.75 Å². The summed E-state index contributed by atoms with van der Waals surface area (Å²) >= 11 is 0. The van der Waals surface area contributed by atoms with Gasteiger partial charge in [-0.1, -0.05) is 57.4 Å². The van der Waals surface area contributed by atoms with E-state index in [9.17, 15) is 0 Å². The number of ether oxygens (including phenoxy) is 1. The van der Waals surface area contributed by atoms with Gasteiger partial charge in [-0.05, 0) is 62.1 Å². The Morgan fingerprint density at radius 2 is 1.76 bits per heavy atom. The van der Waals surface area contributed by atoms with E-state index in [0.717, 1.165) is 42.9 Å². The van der Waals surface area contributed by atoms with Crippen molar-refractivity contribution in [2.24, 2.45) is 4.99 Å². The van der Waals surface area contributed by atoms with Crippen LogP contribution in [0, 0.1) is 0 Å². The molecule has 1 aromatic carbocycles. The molecule has 0 spiro atoms. The maximum Gasteiger partial charge on any atom is 0.119 e. The summed E-state index contributed by atoms with van der Waals surface area (Å²) in [5, 5.41) is 0. The standard InChI is InChI=1S/C23H33NO/c1-5-8-10-11-21(7-3)13-12-20(4)24-19-22-14-16-23(17-15-22)25-18-9-6-2/h7,12-17,19H,4-6,8-11,18H2,1-3H3/b13-12-,21-7-,24-19?. The van der Waals surface area contributed by atoms with E-state index < -0.39 is 0 Å². The molecule has 2 nitrogen and oxygen atoms in total. The first-order valence-corrected chi connectivity index (χ1v) is 9.48. The van der Waals surface area contributed by atoms with Gasteiger partial charge in [0.2, 0.25) is 0 Å². The number of allylic oxidation sites excluding steroid dienone is 4. The molecule has 1 rings (SSSR count). The second-order valence-corrected chi connectivity index (χ2v) is 6.17. The summed E-state index contributed by atoms with van der Waals surface area (Å²) in [5.74, 6) is 0.911. The third kappa shape index (κ3) is 9.71. The summed E-state index contributed by atoms with van der Waals surface area (Å²) in [4.78, 5) is 4.43. The third-order valence-electron chi connectivity index (χ3n) is 3.96. The molecule has 0 aliphatic carbocycles. The van der Waals surface area contributed by atoms with Crippen molar-refractivity contribution in [1.29, 1.82) is 0 Å². The highest BCUT2D eigenvalue weighted by atomic mass is 16.5. The minimum absolute atomic E-state index is 0.762. The van der Waals surface area contributed by atoms with Gasteiger partial charge in [0.25, 0.3) is 0 Å². The number of unbranched alkanes of at least 4 members (excludes halogenated alkanes) is 3. The van der Waals surface area contributed by atoms with Gasteiger partial charge in [0.05, 0.1) is 12.3 Å². The molecule has 0 saturated carbocycles. The molecule has 0 aliphatic heterocycles. The zero-order chi connectivity index (χ0) is 18.3. The van der Waals surface area contributed by atoms with Crippen LogP contribution in [0.3, 0.4) is 0 Å². The number of rotatable bonds is 12. The van der Waals surface area contributed by atoms with Crippen LogP contribution in [0.15, 0.2) is 65.3 Å². The van der Waals surface area contributed by atoms with Gasteiger partial charge in [-0.3, -0.25) is 4.99 Å². The molecule has 2 heteroatoms. The lowest BCUT2D eigenvalue weighted by Gasteiger charge is -2.04. The van der Waals surface area contributed by atoms with Gasteiger partial charge >= 0.3 is 0 Å². The smallest absolute Gasteiger partial charge is 0.119 e. The summed E-state index contributed by atoms with van der Waals surface area (Å²) in [6.07, 6.45) is 15.2. The maximum atomic E-state index is 5.67. The summed E-state index contributed by atoms with van der Waals surface area (Å²) in [6.45, 7) is 11.3. The Labute approximate surface area is 154 Å². The summed E-state index contributed by atoms with van der Waals surface area (Å²) < 4.78 is 5.67. The first kappa shape index (κ1) is 21.0. The molecule has 0 atom stereocenters. The predicted molar refractivity (Wildman–Crippen MR) is 111 cm³/mol. The highest BCUT2D eigenvalue weighted by molar-refractivity contribution is 5.80. The van der Waals surface area contributed by atoms with Crippen LogP contribution in [-0.2, 0) is 0 Å². The van der Waals surface area contributed by atoms with Gasteiger partial charge in [-0.15, -0.1) is 0 Å². The highest BCUT2D eigenvalue weighted by Crippen LogP contribution is 2.13. The first-order chi connectivity index (χ1) is 12.2. The normalized spacial score (nSPS) is 12.2. The van der Waals surface area contributed by atoms with Crippen molar-refractivity contribution in [2.45, 2.75) is 59.3 Å². The van der Waals surface area contributed by atoms with Gasteiger partial charge < -0.3 is 4.74 Å². The Kier molecular flexibility index (Phi) is 11.1. The fourth-order valence-electron chi connectivity index (χ4n) is 2.29. The van der Waals surface area contributed by atoms with Crippen LogP contribution in [0.4, 0.5) is 0 Å². The summed E-state index contributed by atoms with van der Waals surface area (Å²) in [5.41, 5.74) is 3.16. The average Bonchev–Trinajstić information content (AvgIpc) is 2.64.